The number of anilines is 1. The number of aryl methyl sites for hydroxylation is 1. The van der Waals surface area contributed by atoms with Crippen molar-refractivity contribution in [2.45, 2.75) is 38.8 Å². The lowest BCUT2D eigenvalue weighted by molar-refractivity contribution is 0.191. The molecule has 6 nitrogen and oxygen atoms in total. The number of aliphatic hydroxyl groups is 1. The van der Waals surface area contributed by atoms with Crippen LogP contribution in [0.4, 0.5) is 5.82 Å². The first-order valence-corrected chi connectivity index (χ1v) is 10.9. The van der Waals surface area contributed by atoms with Gasteiger partial charge in [-0.1, -0.05) is 17.7 Å². The molecule has 1 saturated heterocycles. The van der Waals surface area contributed by atoms with Gasteiger partial charge < -0.3 is 20.6 Å². The van der Waals surface area contributed by atoms with Crippen LogP contribution in [-0.4, -0.2) is 48.3 Å². The van der Waals surface area contributed by atoms with Gasteiger partial charge in [-0.15, -0.1) is 35.3 Å². The van der Waals surface area contributed by atoms with Crippen LogP contribution in [-0.2, 0) is 0 Å². The van der Waals surface area contributed by atoms with Crippen LogP contribution in [0.2, 0.25) is 4.34 Å². The van der Waals surface area contributed by atoms with E-state index in [2.05, 4.69) is 37.6 Å². The molecule has 1 atom stereocenters. The highest BCUT2D eigenvalue weighted by molar-refractivity contribution is 14.0. The maximum absolute atomic E-state index is 10.3. The summed E-state index contributed by atoms with van der Waals surface area (Å²) in [5.41, 5.74) is 1.05. The maximum atomic E-state index is 10.3. The van der Waals surface area contributed by atoms with Crippen LogP contribution in [0.5, 0.6) is 0 Å². The second-order valence-corrected chi connectivity index (χ2v) is 8.67. The number of nitrogens with one attached hydrogen (secondary N) is 2. The second-order valence-electron chi connectivity index (χ2n) is 6.92. The molecule has 1 aliphatic rings. The maximum Gasteiger partial charge on any atom is 0.191 e. The number of nitrogens with zero attached hydrogens (tertiary/aromatic N) is 3. The van der Waals surface area contributed by atoms with Gasteiger partial charge in [0.2, 0.25) is 0 Å². The molecule has 0 spiro atoms. The summed E-state index contributed by atoms with van der Waals surface area (Å²) in [6, 6.07) is 10.2. The van der Waals surface area contributed by atoms with Crippen molar-refractivity contribution in [1.29, 1.82) is 0 Å². The highest BCUT2D eigenvalue weighted by atomic mass is 127. The Hall–Kier alpha value is -1.10. The van der Waals surface area contributed by atoms with E-state index in [0.717, 1.165) is 54.8 Å². The predicted molar refractivity (Wildman–Crippen MR) is 133 cm³/mol. The molecule has 9 heteroatoms. The molecule has 0 radical (unpaired) electrons. The quantitative estimate of drug-likeness (QED) is 0.289. The van der Waals surface area contributed by atoms with Gasteiger partial charge in [0.25, 0.3) is 0 Å². The normalized spacial score (nSPS) is 16.3. The smallest absolute Gasteiger partial charge is 0.191 e. The van der Waals surface area contributed by atoms with Crippen molar-refractivity contribution in [1.82, 2.24) is 15.6 Å². The summed E-state index contributed by atoms with van der Waals surface area (Å²) in [7, 11) is 0. The van der Waals surface area contributed by atoms with Gasteiger partial charge in [-0.05, 0) is 51.0 Å². The number of guanidine groups is 1. The highest BCUT2D eigenvalue weighted by Gasteiger charge is 2.21. The number of rotatable bonds is 6. The average Bonchev–Trinajstić information content (AvgIpc) is 3.13. The minimum atomic E-state index is -0.637. The summed E-state index contributed by atoms with van der Waals surface area (Å²) in [6.07, 6.45) is 1.40. The van der Waals surface area contributed by atoms with E-state index in [4.69, 9.17) is 11.6 Å². The molecule has 29 heavy (non-hydrogen) atoms. The molecule has 1 aliphatic heterocycles. The Balaban J connectivity index is 0.00000300. The van der Waals surface area contributed by atoms with E-state index in [1.807, 2.05) is 26.0 Å². The molecule has 160 valence electrons. The minimum absolute atomic E-state index is 0. The van der Waals surface area contributed by atoms with Gasteiger partial charge >= 0.3 is 0 Å². The fourth-order valence-corrected chi connectivity index (χ4v) is 4.28. The molecule has 2 aromatic rings. The van der Waals surface area contributed by atoms with E-state index in [0.29, 0.717) is 16.9 Å². The molecule has 3 heterocycles. The molecule has 3 rings (SSSR count). The molecule has 3 N–H and O–H groups in total. The van der Waals surface area contributed by atoms with E-state index >= 15 is 0 Å². The number of halogens is 2. The Morgan fingerprint density at radius 3 is 2.72 bits per heavy atom. The lowest BCUT2D eigenvalue weighted by atomic mass is 10.1. The highest BCUT2D eigenvalue weighted by Crippen LogP contribution is 2.27. The van der Waals surface area contributed by atoms with Gasteiger partial charge in [0.05, 0.1) is 10.9 Å². The van der Waals surface area contributed by atoms with Crippen LogP contribution in [0, 0.1) is 6.92 Å². The summed E-state index contributed by atoms with van der Waals surface area (Å²) in [6.45, 7) is 7.07. The summed E-state index contributed by atoms with van der Waals surface area (Å²) in [4.78, 5) is 12.4. The van der Waals surface area contributed by atoms with Gasteiger partial charge in [-0.25, -0.2) is 4.98 Å². The molecule has 2 aromatic heterocycles. The van der Waals surface area contributed by atoms with Gasteiger partial charge in [-0.2, -0.15) is 0 Å². The van der Waals surface area contributed by atoms with Crippen molar-refractivity contribution >= 4 is 58.7 Å². The molecular weight excluding hydrogens is 521 g/mol. The summed E-state index contributed by atoms with van der Waals surface area (Å²) < 4.78 is 0.679. The Morgan fingerprint density at radius 2 is 2.10 bits per heavy atom. The monoisotopic (exact) mass is 549 g/mol. The third kappa shape index (κ3) is 7.27. The van der Waals surface area contributed by atoms with E-state index < -0.39 is 6.10 Å². The zero-order valence-electron chi connectivity index (χ0n) is 16.8. The van der Waals surface area contributed by atoms with Crippen LogP contribution in [0.3, 0.4) is 0 Å². The van der Waals surface area contributed by atoms with Crippen LogP contribution in [0.15, 0.2) is 35.3 Å². The molecule has 1 fully saturated rings. The number of pyridine rings is 1. The van der Waals surface area contributed by atoms with Crippen molar-refractivity contribution in [3.8, 4) is 0 Å². The van der Waals surface area contributed by atoms with Crippen LogP contribution in [0.1, 0.15) is 36.4 Å². The summed E-state index contributed by atoms with van der Waals surface area (Å²) in [5, 5.41) is 17.1. The number of aromatic nitrogens is 1. The van der Waals surface area contributed by atoms with Crippen molar-refractivity contribution in [2.24, 2.45) is 4.99 Å². The molecule has 0 saturated carbocycles. The predicted octanol–water partition coefficient (Wildman–Crippen LogP) is 3.98. The van der Waals surface area contributed by atoms with E-state index in [-0.39, 0.29) is 24.0 Å². The molecule has 1 unspecified atom stereocenters. The average molecular weight is 550 g/mol. The molecule has 0 amide bonds. The Labute approximate surface area is 198 Å². The van der Waals surface area contributed by atoms with Crippen molar-refractivity contribution in [3.05, 3.63) is 45.2 Å². The lowest BCUT2D eigenvalue weighted by Crippen LogP contribution is -2.49. The molecule has 0 aromatic carbocycles. The van der Waals surface area contributed by atoms with Crippen molar-refractivity contribution in [3.63, 3.8) is 0 Å². The van der Waals surface area contributed by atoms with E-state index in [1.54, 1.807) is 6.07 Å². The number of hydrogen-bond donors (Lipinski definition) is 3. The molecule has 0 aliphatic carbocycles. The SMILES string of the molecule is CCNC(=NCC(O)c1ccc(Cl)s1)NC1CCN(c2cccc(C)n2)CC1.I. The first-order chi connectivity index (χ1) is 13.5. The summed E-state index contributed by atoms with van der Waals surface area (Å²) >= 11 is 7.34. The van der Waals surface area contributed by atoms with E-state index in [1.165, 1.54) is 11.3 Å². The zero-order chi connectivity index (χ0) is 19.9. The van der Waals surface area contributed by atoms with Gasteiger partial charge in [0.15, 0.2) is 5.96 Å². The first-order valence-electron chi connectivity index (χ1n) is 9.72. The number of aliphatic imine (C=N–C) groups is 1. The van der Waals surface area contributed by atoms with Crippen LogP contribution >= 0.6 is 46.9 Å². The fourth-order valence-electron chi connectivity index (χ4n) is 3.25. The van der Waals surface area contributed by atoms with Gasteiger partial charge in [0, 0.05) is 36.2 Å². The van der Waals surface area contributed by atoms with Crippen molar-refractivity contribution in [2.75, 3.05) is 31.1 Å². The van der Waals surface area contributed by atoms with Gasteiger partial charge in [-0.3, -0.25) is 4.99 Å². The third-order valence-corrected chi connectivity index (χ3v) is 6.05. The minimum Gasteiger partial charge on any atom is -0.386 e. The molecular formula is C20H29ClIN5OS. The van der Waals surface area contributed by atoms with E-state index in [9.17, 15) is 5.11 Å². The largest absolute Gasteiger partial charge is 0.386 e. The Kier molecular flexibility index (Phi) is 9.94. The second kappa shape index (κ2) is 11.9. The number of aliphatic hydroxyl groups excluding tert-OH is 1. The summed E-state index contributed by atoms with van der Waals surface area (Å²) in [5.74, 6) is 1.80. The number of piperidine rings is 1. The lowest BCUT2D eigenvalue weighted by Gasteiger charge is -2.34. The standard InChI is InChI=1S/C20H28ClN5OS.HI/c1-3-22-20(23-13-16(27)17-7-8-18(21)28-17)25-15-9-11-26(12-10-15)19-6-4-5-14(2)24-19;/h4-8,15-16,27H,3,9-13H2,1-2H3,(H2,22,23,25);1H. The van der Waals surface area contributed by atoms with Gasteiger partial charge in [0.1, 0.15) is 11.9 Å². The number of thiophene rings is 1. The Morgan fingerprint density at radius 1 is 1.34 bits per heavy atom. The topological polar surface area (TPSA) is 72.8 Å². The number of hydrogen-bond acceptors (Lipinski definition) is 5. The Bertz CT molecular complexity index is 795. The van der Waals surface area contributed by atoms with Crippen molar-refractivity contribution < 1.29 is 5.11 Å². The first kappa shape index (κ1) is 24.2. The fraction of sp³-hybridized carbons (Fsp3) is 0.500. The zero-order valence-corrected chi connectivity index (χ0v) is 20.7. The van der Waals surface area contributed by atoms with Crippen LogP contribution < -0.4 is 15.5 Å². The molecule has 0 bridgehead atoms. The van der Waals surface area contributed by atoms with Crippen LogP contribution in [0.25, 0.3) is 0 Å². The third-order valence-electron chi connectivity index (χ3n) is 4.72.